The number of thiophene rings is 1. The number of halogens is 1. The largest absolute Gasteiger partial charge is 0.242 e. The van der Waals surface area contributed by atoms with E-state index < -0.39 is 0 Å². The summed E-state index contributed by atoms with van der Waals surface area (Å²) in [4.78, 5) is 13.8. The van der Waals surface area contributed by atoms with E-state index in [4.69, 9.17) is 11.6 Å². The second-order valence-corrected chi connectivity index (χ2v) is 5.04. The van der Waals surface area contributed by atoms with E-state index in [1.807, 2.05) is 13.8 Å². The summed E-state index contributed by atoms with van der Waals surface area (Å²) in [6.07, 6.45) is 1.49. The van der Waals surface area contributed by atoms with E-state index in [2.05, 4.69) is 21.0 Å². The summed E-state index contributed by atoms with van der Waals surface area (Å²) in [5, 5.41) is 1.57. The molecular formula is C11H8ClN3S. The smallest absolute Gasteiger partial charge is 0.150 e. The van der Waals surface area contributed by atoms with Crippen molar-refractivity contribution in [2.45, 2.75) is 13.8 Å². The molecule has 0 N–H and O–H groups in total. The van der Waals surface area contributed by atoms with Gasteiger partial charge in [0.2, 0.25) is 0 Å². The van der Waals surface area contributed by atoms with E-state index in [0.29, 0.717) is 5.15 Å². The van der Waals surface area contributed by atoms with Crippen molar-refractivity contribution in [1.82, 2.24) is 15.0 Å². The van der Waals surface area contributed by atoms with Gasteiger partial charge >= 0.3 is 0 Å². The van der Waals surface area contributed by atoms with Crippen molar-refractivity contribution in [3.05, 3.63) is 28.8 Å². The maximum Gasteiger partial charge on any atom is 0.150 e. The van der Waals surface area contributed by atoms with Gasteiger partial charge in [0, 0.05) is 11.1 Å². The number of pyridine rings is 1. The molecule has 3 heterocycles. The molecule has 0 aliphatic rings. The third-order valence-corrected chi connectivity index (χ3v) is 4.14. The fourth-order valence-electron chi connectivity index (χ4n) is 1.66. The zero-order valence-corrected chi connectivity index (χ0v) is 10.4. The highest BCUT2D eigenvalue weighted by Gasteiger charge is 2.11. The number of aromatic nitrogens is 3. The molecular weight excluding hydrogens is 242 g/mol. The standard InChI is InChI=1S/C11H8ClN3S/c1-5-3-7-8-9(10(12)14-4-13-8)16-11(7)15-6(5)2/h3-4H,1-2H3. The van der Waals surface area contributed by atoms with Crippen LogP contribution in [-0.2, 0) is 0 Å². The minimum atomic E-state index is 0.503. The Morgan fingerprint density at radius 2 is 2.06 bits per heavy atom. The summed E-state index contributed by atoms with van der Waals surface area (Å²) >= 11 is 7.58. The van der Waals surface area contributed by atoms with Gasteiger partial charge in [-0.2, -0.15) is 0 Å². The molecule has 3 nitrogen and oxygen atoms in total. The molecule has 0 fully saturated rings. The molecule has 0 spiro atoms. The first-order valence-corrected chi connectivity index (χ1v) is 6.03. The van der Waals surface area contributed by atoms with Crippen molar-refractivity contribution < 1.29 is 0 Å². The quantitative estimate of drug-likeness (QED) is 0.573. The zero-order valence-electron chi connectivity index (χ0n) is 8.78. The Labute approximate surface area is 101 Å². The Morgan fingerprint density at radius 1 is 1.25 bits per heavy atom. The van der Waals surface area contributed by atoms with Crippen LogP contribution in [0.4, 0.5) is 0 Å². The molecule has 0 unspecified atom stereocenters. The van der Waals surface area contributed by atoms with Crippen LogP contribution in [0.25, 0.3) is 20.4 Å². The van der Waals surface area contributed by atoms with Gasteiger partial charge in [-0.25, -0.2) is 15.0 Å². The van der Waals surface area contributed by atoms with Gasteiger partial charge < -0.3 is 0 Å². The molecule has 0 atom stereocenters. The SMILES string of the molecule is Cc1cc2c(nc1C)sc1c(Cl)ncnc12. The van der Waals surface area contributed by atoms with Crippen molar-refractivity contribution in [2.75, 3.05) is 0 Å². The van der Waals surface area contributed by atoms with Crippen LogP contribution in [0.2, 0.25) is 5.15 Å². The Morgan fingerprint density at radius 3 is 2.88 bits per heavy atom. The van der Waals surface area contributed by atoms with Crippen LogP contribution in [0.15, 0.2) is 12.4 Å². The highest BCUT2D eigenvalue weighted by Crippen LogP contribution is 2.35. The lowest BCUT2D eigenvalue weighted by atomic mass is 10.2. The molecule has 0 amide bonds. The number of aryl methyl sites for hydroxylation is 2. The van der Waals surface area contributed by atoms with Crippen LogP contribution < -0.4 is 0 Å². The summed E-state index contributed by atoms with van der Waals surface area (Å²) in [5.41, 5.74) is 3.11. The van der Waals surface area contributed by atoms with Gasteiger partial charge in [0.15, 0.2) is 0 Å². The average molecular weight is 250 g/mol. The predicted octanol–water partition coefficient (Wildman–Crippen LogP) is 3.51. The number of nitrogens with zero attached hydrogens (tertiary/aromatic N) is 3. The van der Waals surface area contributed by atoms with Gasteiger partial charge in [0.25, 0.3) is 0 Å². The van der Waals surface area contributed by atoms with Crippen LogP contribution in [0.5, 0.6) is 0 Å². The molecule has 16 heavy (non-hydrogen) atoms. The number of hydrogen-bond acceptors (Lipinski definition) is 4. The fraction of sp³-hybridized carbons (Fsp3) is 0.182. The van der Waals surface area contributed by atoms with E-state index >= 15 is 0 Å². The molecule has 0 saturated carbocycles. The maximum atomic E-state index is 6.04. The lowest BCUT2D eigenvalue weighted by molar-refractivity contribution is 1.20. The lowest BCUT2D eigenvalue weighted by Gasteiger charge is -1.97. The van der Waals surface area contributed by atoms with E-state index in [0.717, 1.165) is 26.1 Å². The highest BCUT2D eigenvalue weighted by atomic mass is 35.5. The third-order valence-electron chi connectivity index (χ3n) is 2.65. The predicted molar refractivity (Wildman–Crippen MR) is 67.2 cm³/mol. The van der Waals surface area contributed by atoms with E-state index in [1.165, 1.54) is 11.9 Å². The molecule has 0 aliphatic heterocycles. The Bertz CT molecular complexity index is 705. The first kappa shape index (κ1) is 9.93. The minimum Gasteiger partial charge on any atom is -0.242 e. The van der Waals surface area contributed by atoms with Crippen LogP contribution >= 0.6 is 22.9 Å². The molecule has 0 bridgehead atoms. The monoisotopic (exact) mass is 249 g/mol. The van der Waals surface area contributed by atoms with Gasteiger partial charge in [0.05, 0.1) is 10.2 Å². The molecule has 0 aliphatic carbocycles. The molecule has 0 radical (unpaired) electrons. The molecule has 3 aromatic rings. The summed E-state index contributed by atoms with van der Waals surface area (Å²) < 4.78 is 0.914. The van der Waals surface area contributed by atoms with E-state index in [9.17, 15) is 0 Å². The fourth-order valence-corrected chi connectivity index (χ4v) is 2.95. The van der Waals surface area contributed by atoms with Crippen molar-refractivity contribution in [3.63, 3.8) is 0 Å². The second-order valence-electron chi connectivity index (χ2n) is 3.69. The zero-order chi connectivity index (χ0) is 11.3. The highest BCUT2D eigenvalue weighted by molar-refractivity contribution is 7.25. The third kappa shape index (κ3) is 1.30. The normalized spacial score (nSPS) is 11.4. The van der Waals surface area contributed by atoms with Gasteiger partial charge in [0.1, 0.15) is 16.3 Å². The maximum absolute atomic E-state index is 6.04. The van der Waals surface area contributed by atoms with Crippen LogP contribution in [0, 0.1) is 13.8 Å². The Hall–Kier alpha value is -1.26. The number of rotatable bonds is 0. The minimum absolute atomic E-state index is 0.503. The van der Waals surface area contributed by atoms with Crippen molar-refractivity contribution in [3.8, 4) is 0 Å². The summed E-state index contributed by atoms with van der Waals surface area (Å²) in [6.45, 7) is 4.06. The topological polar surface area (TPSA) is 38.7 Å². The summed E-state index contributed by atoms with van der Waals surface area (Å²) in [6, 6.07) is 2.11. The van der Waals surface area contributed by atoms with Crippen molar-refractivity contribution in [1.29, 1.82) is 0 Å². The van der Waals surface area contributed by atoms with E-state index in [1.54, 1.807) is 11.3 Å². The Kier molecular flexibility index (Phi) is 2.09. The number of hydrogen-bond donors (Lipinski definition) is 0. The van der Waals surface area contributed by atoms with Crippen molar-refractivity contribution >= 4 is 43.4 Å². The first-order valence-electron chi connectivity index (χ1n) is 4.84. The van der Waals surface area contributed by atoms with Gasteiger partial charge in [-0.15, -0.1) is 11.3 Å². The number of fused-ring (bicyclic) bond motifs is 3. The van der Waals surface area contributed by atoms with Crippen LogP contribution in [0.1, 0.15) is 11.3 Å². The summed E-state index contributed by atoms with van der Waals surface area (Å²) in [7, 11) is 0. The van der Waals surface area contributed by atoms with E-state index in [-0.39, 0.29) is 0 Å². The van der Waals surface area contributed by atoms with Crippen molar-refractivity contribution in [2.24, 2.45) is 0 Å². The molecule has 80 valence electrons. The Balaban J connectivity index is 2.56. The molecule has 3 aromatic heterocycles. The van der Waals surface area contributed by atoms with Gasteiger partial charge in [-0.1, -0.05) is 11.6 Å². The molecule has 5 heteroatoms. The van der Waals surface area contributed by atoms with Crippen LogP contribution in [0.3, 0.4) is 0 Å². The summed E-state index contributed by atoms with van der Waals surface area (Å²) in [5.74, 6) is 0. The van der Waals surface area contributed by atoms with Gasteiger partial charge in [-0.3, -0.25) is 0 Å². The van der Waals surface area contributed by atoms with Crippen LogP contribution in [-0.4, -0.2) is 15.0 Å². The molecule has 3 rings (SSSR count). The average Bonchev–Trinajstić information content (AvgIpc) is 2.59. The second kappa shape index (κ2) is 3.37. The van der Waals surface area contributed by atoms with Gasteiger partial charge in [-0.05, 0) is 25.5 Å². The molecule has 0 aromatic carbocycles. The lowest BCUT2D eigenvalue weighted by Crippen LogP contribution is -1.85. The first-order chi connectivity index (χ1) is 7.66. The molecule has 0 saturated heterocycles.